The number of hydrogen-bond acceptors (Lipinski definition) is 2. The molecule has 0 atom stereocenters. The lowest BCUT2D eigenvalue weighted by molar-refractivity contribution is -0.166. The summed E-state index contributed by atoms with van der Waals surface area (Å²) in [5, 5.41) is 9.04. The fourth-order valence-electron chi connectivity index (χ4n) is 2.31. The van der Waals surface area contributed by atoms with Crippen LogP contribution in [0.15, 0.2) is 18.2 Å². The smallest absolute Gasteiger partial charge is 0.384 e. The van der Waals surface area contributed by atoms with Gasteiger partial charge in [-0.25, -0.2) is 13.6 Å². The average Bonchev–Trinajstić information content (AvgIpc) is 2.44. The molecule has 1 aromatic rings. The average molecular weight is 305 g/mol. The van der Waals surface area contributed by atoms with Gasteiger partial charge in [0.1, 0.15) is 0 Å². The summed E-state index contributed by atoms with van der Waals surface area (Å²) in [5.41, 5.74) is 0.0338. The molecule has 1 N–H and O–H groups in total. The first kappa shape index (κ1) is 15.3. The number of fused-ring (bicyclic) bond motifs is 1. The van der Waals surface area contributed by atoms with Crippen LogP contribution in [0.2, 0.25) is 0 Å². The van der Waals surface area contributed by atoms with Crippen LogP contribution < -0.4 is 4.90 Å². The van der Waals surface area contributed by atoms with Crippen molar-refractivity contribution in [3.8, 4) is 0 Å². The fourth-order valence-corrected chi connectivity index (χ4v) is 2.31. The van der Waals surface area contributed by atoms with E-state index >= 15 is 0 Å². The number of carboxylic acids is 1. The SMILES string of the molecule is O=C(O)c1cccc2c1CCCN2C(=O)C(F)(F)C(F)F. The molecule has 0 saturated carbocycles. The predicted octanol–water partition coefficient (Wildman–Crippen LogP) is 2.56. The number of rotatable bonds is 3. The first-order valence-corrected chi connectivity index (χ1v) is 6.10. The maximum atomic E-state index is 13.2. The van der Waals surface area contributed by atoms with Gasteiger partial charge in [-0.2, -0.15) is 8.78 Å². The molecular formula is C13H11F4NO3. The van der Waals surface area contributed by atoms with E-state index in [1.54, 1.807) is 0 Å². The van der Waals surface area contributed by atoms with Crippen LogP contribution in [0.4, 0.5) is 23.2 Å². The number of benzene rings is 1. The van der Waals surface area contributed by atoms with E-state index in [4.69, 9.17) is 5.11 Å². The van der Waals surface area contributed by atoms with Crippen molar-refractivity contribution in [3.05, 3.63) is 29.3 Å². The maximum Gasteiger partial charge on any atom is 0.384 e. The van der Waals surface area contributed by atoms with Gasteiger partial charge < -0.3 is 10.0 Å². The normalized spacial score (nSPS) is 15.0. The topological polar surface area (TPSA) is 57.6 Å². The van der Waals surface area contributed by atoms with Gasteiger partial charge in [0.25, 0.3) is 0 Å². The molecule has 1 amide bonds. The Morgan fingerprint density at radius 2 is 1.95 bits per heavy atom. The molecular weight excluding hydrogens is 294 g/mol. The molecule has 0 unspecified atom stereocenters. The molecule has 0 fully saturated rings. The van der Waals surface area contributed by atoms with Crippen molar-refractivity contribution >= 4 is 17.6 Å². The first-order valence-electron chi connectivity index (χ1n) is 6.10. The van der Waals surface area contributed by atoms with Crippen molar-refractivity contribution in [2.24, 2.45) is 0 Å². The highest BCUT2D eigenvalue weighted by molar-refractivity contribution is 6.01. The van der Waals surface area contributed by atoms with Crippen LogP contribution in [0.1, 0.15) is 22.3 Å². The lowest BCUT2D eigenvalue weighted by Gasteiger charge is -2.32. The summed E-state index contributed by atoms with van der Waals surface area (Å²) in [4.78, 5) is 23.3. The van der Waals surface area contributed by atoms with Gasteiger partial charge in [0.15, 0.2) is 0 Å². The van der Waals surface area contributed by atoms with E-state index in [2.05, 4.69) is 0 Å². The van der Waals surface area contributed by atoms with Gasteiger partial charge in [-0.1, -0.05) is 6.07 Å². The molecule has 1 aliphatic rings. The van der Waals surface area contributed by atoms with E-state index in [1.165, 1.54) is 18.2 Å². The standard InChI is InChI=1S/C13H11F4NO3/c14-11(15)13(16,17)12(21)18-6-2-4-7-8(10(19)20)3-1-5-9(7)18/h1,3,5,11H,2,4,6H2,(H,19,20). The third-order valence-corrected chi connectivity index (χ3v) is 3.29. The zero-order valence-electron chi connectivity index (χ0n) is 10.7. The monoisotopic (exact) mass is 305 g/mol. The molecule has 0 aromatic heterocycles. The van der Waals surface area contributed by atoms with E-state index in [-0.39, 0.29) is 36.2 Å². The second-order valence-electron chi connectivity index (χ2n) is 4.59. The van der Waals surface area contributed by atoms with Crippen molar-refractivity contribution in [1.29, 1.82) is 0 Å². The van der Waals surface area contributed by atoms with Crippen molar-refractivity contribution in [1.82, 2.24) is 0 Å². The quantitative estimate of drug-likeness (QED) is 0.873. The van der Waals surface area contributed by atoms with Crippen LogP contribution in [-0.2, 0) is 11.2 Å². The van der Waals surface area contributed by atoms with E-state index in [1.807, 2.05) is 0 Å². The number of carbonyl (C=O) groups is 2. The van der Waals surface area contributed by atoms with Gasteiger partial charge in [-0.15, -0.1) is 0 Å². The number of carbonyl (C=O) groups excluding carboxylic acids is 1. The van der Waals surface area contributed by atoms with Crippen molar-refractivity contribution in [2.45, 2.75) is 25.2 Å². The second kappa shape index (κ2) is 5.34. The number of nitrogens with zero attached hydrogens (tertiary/aromatic N) is 1. The largest absolute Gasteiger partial charge is 0.478 e. The van der Waals surface area contributed by atoms with Crippen LogP contribution in [0, 0.1) is 0 Å². The Labute approximate surface area is 117 Å². The predicted molar refractivity (Wildman–Crippen MR) is 65.0 cm³/mol. The van der Waals surface area contributed by atoms with E-state index in [9.17, 15) is 27.2 Å². The number of aromatic carboxylic acids is 1. The first-order chi connectivity index (χ1) is 9.76. The van der Waals surface area contributed by atoms with E-state index in [0.29, 0.717) is 4.90 Å². The molecule has 1 aliphatic heterocycles. The summed E-state index contributed by atoms with van der Waals surface area (Å²) in [5.74, 6) is -8.07. The maximum absolute atomic E-state index is 13.2. The lowest BCUT2D eigenvalue weighted by atomic mass is 9.96. The summed E-state index contributed by atoms with van der Waals surface area (Å²) < 4.78 is 51.1. The van der Waals surface area contributed by atoms with Gasteiger partial charge in [0.05, 0.1) is 5.56 Å². The fraction of sp³-hybridized carbons (Fsp3) is 0.385. The summed E-state index contributed by atoms with van der Waals surface area (Å²) in [6, 6.07) is 3.84. The molecule has 1 heterocycles. The minimum absolute atomic E-state index is 0.0496. The highest BCUT2D eigenvalue weighted by Gasteiger charge is 2.52. The van der Waals surface area contributed by atoms with Crippen LogP contribution in [0.3, 0.4) is 0 Å². The summed E-state index contributed by atoms with van der Waals surface area (Å²) in [7, 11) is 0. The number of carboxylic acid groups (broad SMARTS) is 1. The molecule has 0 aliphatic carbocycles. The van der Waals surface area contributed by atoms with Crippen molar-refractivity contribution in [2.75, 3.05) is 11.4 Å². The van der Waals surface area contributed by atoms with Gasteiger partial charge in [0.2, 0.25) is 0 Å². The van der Waals surface area contributed by atoms with Gasteiger partial charge >= 0.3 is 24.2 Å². The van der Waals surface area contributed by atoms with Gasteiger partial charge in [0, 0.05) is 12.2 Å². The molecule has 0 saturated heterocycles. The molecule has 114 valence electrons. The second-order valence-corrected chi connectivity index (χ2v) is 4.59. The number of halogens is 4. The molecule has 2 rings (SSSR count). The van der Waals surface area contributed by atoms with Crippen molar-refractivity contribution in [3.63, 3.8) is 0 Å². The molecule has 0 radical (unpaired) electrons. The third-order valence-electron chi connectivity index (χ3n) is 3.29. The number of amides is 1. The zero-order valence-corrected chi connectivity index (χ0v) is 10.7. The number of anilines is 1. The minimum Gasteiger partial charge on any atom is -0.478 e. The molecule has 1 aromatic carbocycles. The van der Waals surface area contributed by atoms with Crippen LogP contribution in [0.25, 0.3) is 0 Å². The Balaban J connectivity index is 2.46. The molecule has 8 heteroatoms. The Morgan fingerprint density at radius 3 is 2.52 bits per heavy atom. The van der Waals surface area contributed by atoms with Gasteiger partial charge in [-0.05, 0) is 30.5 Å². The Kier molecular flexibility index (Phi) is 3.89. The zero-order chi connectivity index (χ0) is 15.8. The van der Waals surface area contributed by atoms with E-state index < -0.39 is 24.2 Å². The third kappa shape index (κ3) is 2.57. The molecule has 0 spiro atoms. The molecule has 21 heavy (non-hydrogen) atoms. The van der Waals surface area contributed by atoms with Crippen LogP contribution >= 0.6 is 0 Å². The molecule has 0 bridgehead atoms. The molecule has 4 nitrogen and oxygen atoms in total. The van der Waals surface area contributed by atoms with Crippen LogP contribution in [0.5, 0.6) is 0 Å². The van der Waals surface area contributed by atoms with Crippen LogP contribution in [-0.4, -0.2) is 35.9 Å². The highest BCUT2D eigenvalue weighted by Crippen LogP contribution is 2.34. The Morgan fingerprint density at radius 1 is 1.29 bits per heavy atom. The summed E-state index contributed by atoms with van der Waals surface area (Å²) >= 11 is 0. The number of alkyl halides is 4. The highest BCUT2D eigenvalue weighted by atomic mass is 19.3. The van der Waals surface area contributed by atoms with Crippen molar-refractivity contribution < 1.29 is 32.3 Å². The minimum atomic E-state index is -4.80. The number of hydrogen-bond donors (Lipinski definition) is 1. The van der Waals surface area contributed by atoms with Gasteiger partial charge in [-0.3, -0.25) is 4.79 Å². The Bertz CT molecular complexity index is 589. The van der Waals surface area contributed by atoms with E-state index in [0.717, 1.165) is 0 Å². The summed E-state index contributed by atoms with van der Waals surface area (Å²) in [6.07, 6.45) is -3.61. The summed E-state index contributed by atoms with van der Waals surface area (Å²) in [6.45, 7) is -0.156. The lowest BCUT2D eigenvalue weighted by Crippen LogP contribution is -2.49. The Hall–Kier alpha value is -2.12.